The Labute approximate surface area is 187 Å². The van der Waals surface area contributed by atoms with E-state index in [4.69, 9.17) is 23.2 Å². The average Bonchev–Trinajstić information content (AvgIpc) is 2.76. The highest BCUT2D eigenvalue weighted by molar-refractivity contribution is 6.43. The summed E-state index contributed by atoms with van der Waals surface area (Å²) in [6.07, 6.45) is 6.98. The summed E-state index contributed by atoms with van der Waals surface area (Å²) in [6.45, 7) is 2.96. The Bertz CT molecular complexity index is 788. The third-order valence-electron chi connectivity index (χ3n) is 6.04. The van der Waals surface area contributed by atoms with Crippen molar-refractivity contribution in [2.75, 3.05) is 13.1 Å². The second-order valence-corrected chi connectivity index (χ2v) is 9.02. The molecule has 2 aliphatic rings. The number of hydrogen-bond donors (Lipinski definition) is 2. The number of rotatable bonds is 5. The smallest absolute Gasteiger partial charge is 0.253 e. The number of piperidine rings is 1. The molecule has 164 valence electrons. The SMILES string of the molecule is CC(NC(=O)c1cccc(Cl)c1Cl)C(=O)NC1CCN(C(=O)C2CCCCC2)CC1. The van der Waals surface area contributed by atoms with Gasteiger partial charge in [0.1, 0.15) is 6.04 Å². The first kappa shape index (κ1) is 22.9. The monoisotopic (exact) mass is 453 g/mol. The summed E-state index contributed by atoms with van der Waals surface area (Å²) in [7, 11) is 0. The van der Waals surface area contributed by atoms with Gasteiger partial charge >= 0.3 is 0 Å². The van der Waals surface area contributed by atoms with E-state index in [0.717, 1.165) is 38.5 Å². The summed E-state index contributed by atoms with van der Waals surface area (Å²) in [5, 5.41) is 6.11. The van der Waals surface area contributed by atoms with Crippen LogP contribution in [0.3, 0.4) is 0 Å². The van der Waals surface area contributed by atoms with Crippen molar-refractivity contribution in [1.82, 2.24) is 15.5 Å². The van der Waals surface area contributed by atoms with E-state index < -0.39 is 11.9 Å². The molecule has 1 heterocycles. The number of likely N-dealkylation sites (tertiary alicyclic amines) is 1. The van der Waals surface area contributed by atoms with Crippen molar-refractivity contribution in [3.63, 3.8) is 0 Å². The molecule has 1 aromatic carbocycles. The molecule has 30 heavy (non-hydrogen) atoms. The van der Waals surface area contributed by atoms with Gasteiger partial charge in [0.25, 0.3) is 5.91 Å². The van der Waals surface area contributed by atoms with Gasteiger partial charge in [-0.15, -0.1) is 0 Å². The Morgan fingerprint density at radius 2 is 1.70 bits per heavy atom. The normalized spacial score (nSPS) is 19.2. The minimum atomic E-state index is -0.713. The molecule has 0 radical (unpaired) electrons. The topological polar surface area (TPSA) is 78.5 Å². The minimum Gasteiger partial charge on any atom is -0.351 e. The Balaban J connectivity index is 1.45. The zero-order valence-corrected chi connectivity index (χ0v) is 18.8. The lowest BCUT2D eigenvalue weighted by Crippen LogP contribution is -2.52. The van der Waals surface area contributed by atoms with Gasteiger partial charge in [0.05, 0.1) is 15.6 Å². The van der Waals surface area contributed by atoms with Gasteiger partial charge in [-0.05, 0) is 44.7 Å². The molecule has 2 N–H and O–H groups in total. The highest BCUT2D eigenvalue weighted by Gasteiger charge is 2.30. The molecule has 8 heteroatoms. The molecule has 1 saturated carbocycles. The van der Waals surface area contributed by atoms with E-state index in [9.17, 15) is 14.4 Å². The third kappa shape index (κ3) is 5.67. The molecule has 3 rings (SSSR count). The molecule has 0 bridgehead atoms. The maximum absolute atomic E-state index is 12.7. The van der Waals surface area contributed by atoms with Gasteiger partial charge < -0.3 is 15.5 Å². The van der Waals surface area contributed by atoms with Crippen molar-refractivity contribution in [3.05, 3.63) is 33.8 Å². The number of amides is 3. The van der Waals surface area contributed by atoms with E-state index >= 15 is 0 Å². The van der Waals surface area contributed by atoms with Crippen LogP contribution in [0.25, 0.3) is 0 Å². The summed E-state index contributed by atoms with van der Waals surface area (Å²) < 4.78 is 0. The van der Waals surface area contributed by atoms with E-state index in [0.29, 0.717) is 13.1 Å². The van der Waals surface area contributed by atoms with Crippen LogP contribution in [0.15, 0.2) is 18.2 Å². The summed E-state index contributed by atoms with van der Waals surface area (Å²) in [6, 6.07) is 4.09. The molecule has 0 spiro atoms. The quantitative estimate of drug-likeness (QED) is 0.711. The van der Waals surface area contributed by atoms with Crippen LogP contribution < -0.4 is 10.6 Å². The van der Waals surface area contributed by atoms with Crippen molar-refractivity contribution in [3.8, 4) is 0 Å². The average molecular weight is 454 g/mol. The van der Waals surface area contributed by atoms with E-state index in [1.54, 1.807) is 25.1 Å². The molecule has 0 aromatic heterocycles. The minimum absolute atomic E-state index is 0.00187. The van der Waals surface area contributed by atoms with Crippen molar-refractivity contribution in [2.45, 2.75) is 64.0 Å². The maximum atomic E-state index is 12.7. The fraction of sp³-hybridized carbons (Fsp3) is 0.591. The standard InChI is InChI=1S/C22H29Cl2N3O3/c1-14(25-21(29)17-8-5-9-18(23)19(17)24)20(28)26-16-10-12-27(13-11-16)22(30)15-6-3-2-4-7-15/h5,8-9,14-16H,2-4,6-7,10-13H2,1H3,(H,25,29)(H,26,28). The largest absolute Gasteiger partial charge is 0.351 e. The maximum Gasteiger partial charge on any atom is 0.253 e. The number of carbonyl (C=O) groups is 3. The number of benzene rings is 1. The van der Waals surface area contributed by atoms with Crippen LogP contribution in [0.2, 0.25) is 10.0 Å². The number of hydrogen-bond acceptors (Lipinski definition) is 3. The lowest BCUT2D eigenvalue weighted by Gasteiger charge is -2.35. The van der Waals surface area contributed by atoms with Gasteiger partial charge in [-0.3, -0.25) is 14.4 Å². The molecule has 1 aliphatic heterocycles. The van der Waals surface area contributed by atoms with Crippen LogP contribution >= 0.6 is 23.2 Å². The summed E-state index contributed by atoms with van der Waals surface area (Å²) in [4.78, 5) is 39.6. The Morgan fingerprint density at radius 3 is 2.37 bits per heavy atom. The lowest BCUT2D eigenvalue weighted by molar-refractivity contribution is -0.137. The summed E-state index contributed by atoms with van der Waals surface area (Å²) in [5.74, 6) is -0.242. The van der Waals surface area contributed by atoms with Crippen molar-refractivity contribution in [2.24, 2.45) is 5.92 Å². The molecule has 2 fully saturated rings. The van der Waals surface area contributed by atoms with Gasteiger partial charge in [-0.1, -0.05) is 48.5 Å². The first-order valence-corrected chi connectivity index (χ1v) is 11.5. The predicted octanol–water partition coefficient (Wildman–Crippen LogP) is 3.80. The second kappa shape index (κ2) is 10.5. The van der Waals surface area contributed by atoms with Crippen LogP contribution in [0.4, 0.5) is 0 Å². The molecular formula is C22H29Cl2N3O3. The van der Waals surface area contributed by atoms with Crippen LogP contribution in [0.1, 0.15) is 62.2 Å². The molecule has 3 amide bonds. The van der Waals surface area contributed by atoms with Gasteiger partial charge in [0, 0.05) is 25.0 Å². The van der Waals surface area contributed by atoms with E-state index in [1.165, 1.54) is 6.42 Å². The highest BCUT2D eigenvalue weighted by atomic mass is 35.5. The number of halogens is 2. The fourth-order valence-corrected chi connectivity index (χ4v) is 4.58. The van der Waals surface area contributed by atoms with E-state index in [-0.39, 0.29) is 39.4 Å². The van der Waals surface area contributed by atoms with Crippen LogP contribution in [0, 0.1) is 5.92 Å². The molecule has 1 atom stereocenters. The highest BCUT2D eigenvalue weighted by Crippen LogP contribution is 2.27. The molecule has 1 unspecified atom stereocenters. The number of nitrogens with zero attached hydrogens (tertiary/aromatic N) is 1. The van der Waals surface area contributed by atoms with Crippen LogP contribution in [-0.4, -0.2) is 47.8 Å². The van der Waals surface area contributed by atoms with Gasteiger partial charge in [0.15, 0.2) is 0 Å². The summed E-state index contributed by atoms with van der Waals surface area (Å²) in [5.41, 5.74) is 0.235. The molecule has 1 saturated heterocycles. The first-order chi connectivity index (χ1) is 14.4. The Morgan fingerprint density at radius 1 is 1.03 bits per heavy atom. The van der Waals surface area contributed by atoms with Gasteiger partial charge in [-0.25, -0.2) is 0 Å². The Kier molecular flexibility index (Phi) is 8.00. The zero-order chi connectivity index (χ0) is 21.7. The molecule has 1 aromatic rings. The fourth-order valence-electron chi connectivity index (χ4n) is 4.20. The Hall–Kier alpha value is -1.79. The van der Waals surface area contributed by atoms with Gasteiger partial charge in [-0.2, -0.15) is 0 Å². The number of nitrogens with one attached hydrogen (secondary N) is 2. The number of carbonyl (C=O) groups excluding carboxylic acids is 3. The van der Waals surface area contributed by atoms with Crippen molar-refractivity contribution < 1.29 is 14.4 Å². The van der Waals surface area contributed by atoms with Gasteiger partial charge in [0.2, 0.25) is 11.8 Å². The second-order valence-electron chi connectivity index (χ2n) is 8.24. The van der Waals surface area contributed by atoms with Crippen molar-refractivity contribution >= 4 is 40.9 Å². The molecular weight excluding hydrogens is 425 g/mol. The predicted molar refractivity (Wildman–Crippen MR) is 118 cm³/mol. The summed E-state index contributed by atoms with van der Waals surface area (Å²) >= 11 is 12.0. The lowest BCUT2D eigenvalue weighted by atomic mass is 9.87. The molecule has 1 aliphatic carbocycles. The van der Waals surface area contributed by atoms with Crippen LogP contribution in [0.5, 0.6) is 0 Å². The molecule has 6 nitrogen and oxygen atoms in total. The van der Waals surface area contributed by atoms with E-state index in [2.05, 4.69) is 10.6 Å². The third-order valence-corrected chi connectivity index (χ3v) is 6.86. The van der Waals surface area contributed by atoms with E-state index in [1.807, 2.05) is 4.90 Å². The van der Waals surface area contributed by atoms with Crippen LogP contribution in [-0.2, 0) is 9.59 Å². The zero-order valence-electron chi connectivity index (χ0n) is 17.3. The first-order valence-electron chi connectivity index (χ1n) is 10.7. The van der Waals surface area contributed by atoms with Crippen molar-refractivity contribution in [1.29, 1.82) is 0 Å².